The van der Waals surface area contributed by atoms with Gasteiger partial charge in [0.15, 0.2) is 0 Å². The summed E-state index contributed by atoms with van der Waals surface area (Å²) in [4.78, 5) is 37.0. The maximum Gasteiger partial charge on any atom is 0.329 e. The molecule has 0 unspecified atom stereocenters. The summed E-state index contributed by atoms with van der Waals surface area (Å²) in [6.07, 6.45) is 3.46. The number of nitrogens with zero attached hydrogens (tertiary/aromatic N) is 3. The van der Waals surface area contributed by atoms with Gasteiger partial charge in [0.25, 0.3) is 5.91 Å². The van der Waals surface area contributed by atoms with Crippen LogP contribution in [0.25, 0.3) is 17.0 Å². The van der Waals surface area contributed by atoms with Gasteiger partial charge >= 0.3 is 12.0 Å². The van der Waals surface area contributed by atoms with Crippen LogP contribution in [0.5, 0.6) is 0 Å². The molecule has 0 spiro atoms. The zero-order valence-corrected chi connectivity index (χ0v) is 16.7. The lowest BCUT2D eigenvalue weighted by molar-refractivity contribution is -0.143. The fourth-order valence-electron chi connectivity index (χ4n) is 3.54. The highest BCUT2D eigenvalue weighted by molar-refractivity contribution is 6.15. The minimum atomic E-state index is -0.683. The monoisotopic (exact) mass is 414 g/mol. The van der Waals surface area contributed by atoms with Gasteiger partial charge in [-0.2, -0.15) is 5.26 Å². The highest BCUT2D eigenvalue weighted by Crippen LogP contribution is 2.26. The largest absolute Gasteiger partial charge is 0.468 e. The van der Waals surface area contributed by atoms with Gasteiger partial charge in [0, 0.05) is 29.2 Å². The van der Waals surface area contributed by atoms with E-state index in [1.807, 2.05) is 53.2 Å². The van der Waals surface area contributed by atoms with Gasteiger partial charge in [-0.05, 0) is 23.8 Å². The molecule has 1 N–H and O–H groups in total. The van der Waals surface area contributed by atoms with Crippen LogP contribution in [0.3, 0.4) is 0 Å². The lowest BCUT2D eigenvalue weighted by atomic mass is 10.1. The number of ether oxygens (including phenoxy) is 1. The molecular weight excluding hydrogens is 396 g/mol. The van der Waals surface area contributed by atoms with Crippen LogP contribution in [0.1, 0.15) is 16.7 Å². The van der Waals surface area contributed by atoms with Crippen LogP contribution in [0.15, 0.2) is 60.4 Å². The molecule has 0 atom stereocenters. The molecule has 4 rings (SSSR count). The fraction of sp³-hybridized carbons (Fsp3) is 0.130. The van der Waals surface area contributed by atoms with Crippen LogP contribution in [0.4, 0.5) is 4.79 Å². The number of urea groups is 1. The Bertz CT molecular complexity index is 1280. The van der Waals surface area contributed by atoms with Crippen molar-refractivity contribution in [1.82, 2.24) is 14.8 Å². The number of nitriles is 1. The fourth-order valence-corrected chi connectivity index (χ4v) is 3.54. The molecule has 154 valence electrons. The number of aromatic nitrogens is 1. The van der Waals surface area contributed by atoms with Crippen molar-refractivity contribution < 1.29 is 19.1 Å². The predicted octanol–water partition coefficient (Wildman–Crippen LogP) is 2.63. The minimum absolute atomic E-state index is 0.0780. The van der Waals surface area contributed by atoms with Gasteiger partial charge in [0.2, 0.25) is 0 Å². The highest BCUT2D eigenvalue weighted by atomic mass is 16.5. The molecule has 1 aromatic heterocycles. The number of carbonyl (C=O) groups excluding carboxylic acids is 3. The maximum absolute atomic E-state index is 12.6. The van der Waals surface area contributed by atoms with Crippen LogP contribution in [-0.4, -0.2) is 41.0 Å². The Kier molecular flexibility index (Phi) is 5.24. The first-order valence-electron chi connectivity index (χ1n) is 9.49. The van der Waals surface area contributed by atoms with Crippen LogP contribution >= 0.6 is 0 Å². The van der Waals surface area contributed by atoms with Crippen molar-refractivity contribution in [3.8, 4) is 6.07 Å². The summed E-state index contributed by atoms with van der Waals surface area (Å²) in [6, 6.07) is 16.6. The Morgan fingerprint density at radius 3 is 2.68 bits per heavy atom. The number of para-hydroxylation sites is 1. The molecule has 0 saturated carbocycles. The summed E-state index contributed by atoms with van der Waals surface area (Å²) >= 11 is 0. The molecule has 1 saturated heterocycles. The van der Waals surface area contributed by atoms with Crippen molar-refractivity contribution in [2.24, 2.45) is 0 Å². The first-order chi connectivity index (χ1) is 15.0. The Balaban J connectivity index is 1.71. The first-order valence-corrected chi connectivity index (χ1v) is 9.49. The highest BCUT2D eigenvalue weighted by Gasteiger charge is 2.35. The summed E-state index contributed by atoms with van der Waals surface area (Å²) in [6.45, 7) is 0.0212. The van der Waals surface area contributed by atoms with E-state index in [-0.39, 0.29) is 5.70 Å². The second kappa shape index (κ2) is 8.16. The van der Waals surface area contributed by atoms with Gasteiger partial charge in [0.05, 0.1) is 18.7 Å². The molecule has 0 bridgehead atoms. The third-order valence-electron chi connectivity index (χ3n) is 5.07. The molecule has 0 aliphatic carbocycles. The van der Waals surface area contributed by atoms with Gasteiger partial charge in [-0.3, -0.25) is 9.59 Å². The van der Waals surface area contributed by atoms with Gasteiger partial charge in [-0.15, -0.1) is 0 Å². The minimum Gasteiger partial charge on any atom is -0.468 e. The number of fused-ring (bicyclic) bond motifs is 1. The zero-order chi connectivity index (χ0) is 22.0. The van der Waals surface area contributed by atoms with Crippen LogP contribution < -0.4 is 5.32 Å². The number of hydrogen-bond donors (Lipinski definition) is 1. The number of carbonyl (C=O) groups is 3. The van der Waals surface area contributed by atoms with Gasteiger partial charge in [-0.25, -0.2) is 9.69 Å². The van der Waals surface area contributed by atoms with Crippen molar-refractivity contribution >= 4 is 34.9 Å². The average Bonchev–Trinajstić information content (AvgIpc) is 3.26. The third-order valence-corrected chi connectivity index (χ3v) is 5.07. The van der Waals surface area contributed by atoms with Crippen LogP contribution in [-0.2, 0) is 20.9 Å². The number of amides is 3. The van der Waals surface area contributed by atoms with Gasteiger partial charge in [0.1, 0.15) is 12.2 Å². The molecule has 1 aliphatic heterocycles. The van der Waals surface area contributed by atoms with Crippen LogP contribution in [0.2, 0.25) is 0 Å². The van der Waals surface area contributed by atoms with E-state index in [0.717, 1.165) is 26.9 Å². The van der Waals surface area contributed by atoms with Gasteiger partial charge in [-0.1, -0.05) is 36.4 Å². The van der Waals surface area contributed by atoms with E-state index in [9.17, 15) is 19.6 Å². The lowest BCUT2D eigenvalue weighted by Crippen LogP contribution is -2.36. The summed E-state index contributed by atoms with van der Waals surface area (Å²) < 4.78 is 6.53. The van der Waals surface area contributed by atoms with E-state index in [0.29, 0.717) is 12.1 Å². The lowest BCUT2D eigenvalue weighted by Gasteiger charge is -2.08. The normalized spacial score (nSPS) is 14.7. The number of hydrogen-bond acceptors (Lipinski definition) is 5. The number of esters is 1. The van der Waals surface area contributed by atoms with Crippen molar-refractivity contribution in [1.29, 1.82) is 5.26 Å². The standard InChI is InChI=1S/C23H18N4O4/c1-31-21(28)14-27-22(29)19(25-23(27)30)10-17-13-26(20-9-5-4-8-18(17)20)12-16-7-3-2-6-15(16)11-24/h2-10,13H,12,14H2,1H3,(H,25,30)/b19-10+. The topological polar surface area (TPSA) is 104 Å². The Labute approximate surface area is 177 Å². The summed E-state index contributed by atoms with van der Waals surface area (Å²) in [5, 5.41) is 12.8. The van der Waals surface area contributed by atoms with Crippen molar-refractivity contribution in [3.63, 3.8) is 0 Å². The zero-order valence-electron chi connectivity index (χ0n) is 16.7. The van der Waals surface area contributed by atoms with Crippen LogP contribution in [0, 0.1) is 11.3 Å². The molecule has 3 amide bonds. The summed E-state index contributed by atoms with van der Waals surface area (Å²) in [7, 11) is 1.19. The number of rotatable bonds is 5. The SMILES string of the molecule is COC(=O)CN1C(=O)N/C(=C/c2cn(Cc3ccccc3C#N)c3ccccc23)C1=O. The van der Waals surface area contributed by atoms with Crippen molar-refractivity contribution in [2.75, 3.05) is 13.7 Å². The summed E-state index contributed by atoms with van der Waals surface area (Å²) in [5.74, 6) is -1.28. The Morgan fingerprint density at radius 1 is 1.16 bits per heavy atom. The number of imide groups is 1. The van der Waals surface area contributed by atoms with Gasteiger partial charge < -0.3 is 14.6 Å². The first kappa shape index (κ1) is 19.9. The molecular formula is C23H18N4O4. The second-order valence-electron chi connectivity index (χ2n) is 6.95. The van der Waals surface area contributed by atoms with E-state index in [1.54, 1.807) is 12.1 Å². The predicted molar refractivity (Wildman–Crippen MR) is 112 cm³/mol. The maximum atomic E-state index is 12.6. The molecule has 8 heteroatoms. The van der Waals surface area contributed by atoms with E-state index >= 15 is 0 Å². The molecule has 2 aromatic carbocycles. The van der Waals surface area contributed by atoms with Crippen molar-refractivity contribution in [3.05, 3.63) is 77.1 Å². The average molecular weight is 414 g/mol. The summed E-state index contributed by atoms with van der Waals surface area (Å²) in [5.41, 5.74) is 3.20. The third kappa shape index (κ3) is 3.76. The molecule has 2 heterocycles. The molecule has 31 heavy (non-hydrogen) atoms. The number of methoxy groups -OCH3 is 1. The Hall–Kier alpha value is -4.38. The van der Waals surface area contributed by atoms with Crippen molar-refractivity contribution in [2.45, 2.75) is 6.54 Å². The second-order valence-corrected chi connectivity index (χ2v) is 6.95. The molecule has 1 fully saturated rings. The van der Waals surface area contributed by atoms with E-state index in [1.165, 1.54) is 7.11 Å². The Morgan fingerprint density at radius 2 is 1.90 bits per heavy atom. The smallest absolute Gasteiger partial charge is 0.329 e. The number of nitrogens with one attached hydrogen (secondary N) is 1. The molecule has 3 aromatic rings. The van der Waals surface area contributed by atoms with E-state index in [4.69, 9.17) is 0 Å². The molecule has 0 radical (unpaired) electrons. The van der Waals surface area contributed by atoms with E-state index < -0.39 is 24.5 Å². The van der Waals surface area contributed by atoms with E-state index in [2.05, 4.69) is 16.1 Å². The molecule has 8 nitrogen and oxygen atoms in total. The molecule has 1 aliphatic rings. The quantitative estimate of drug-likeness (QED) is 0.393. The number of benzene rings is 2.